The molecule has 4 rings (SSSR count). The molecule has 8 heteroatoms. The van der Waals surface area contributed by atoms with Gasteiger partial charge in [-0.15, -0.1) is 32.9 Å². The molecule has 1 N–H and O–H groups in total. The predicted molar refractivity (Wildman–Crippen MR) is 101 cm³/mol. The lowest BCUT2D eigenvalue weighted by Gasteiger charge is -1.96. The zero-order chi connectivity index (χ0) is 18.1. The summed E-state index contributed by atoms with van der Waals surface area (Å²) in [4.78, 5) is 17.9. The zero-order valence-corrected chi connectivity index (χ0v) is 15.6. The number of carboxylic acids is 1. The number of thiazole rings is 1. The molecule has 0 spiro atoms. The van der Waals surface area contributed by atoms with Gasteiger partial charge in [-0.2, -0.15) is 0 Å². The Hall–Kier alpha value is -2.58. The molecule has 0 unspecified atom stereocenters. The molecule has 0 aliphatic heterocycles. The lowest BCUT2D eigenvalue weighted by atomic mass is 10.2. The summed E-state index contributed by atoms with van der Waals surface area (Å²) in [5.41, 5.74) is 2.13. The summed E-state index contributed by atoms with van der Waals surface area (Å²) in [5.74, 6) is -0.501. The van der Waals surface area contributed by atoms with Gasteiger partial charge in [0.05, 0.1) is 16.6 Å². The van der Waals surface area contributed by atoms with E-state index in [9.17, 15) is 4.79 Å². The van der Waals surface area contributed by atoms with Crippen molar-refractivity contribution in [2.75, 3.05) is 0 Å². The first-order valence-electron chi connectivity index (χ1n) is 8.12. The van der Waals surface area contributed by atoms with E-state index in [1.165, 1.54) is 15.3 Å². The molecule has 4 aromatic rings. The minimum atomic E-state index is -0.993. The second-order valence-corrected chi connectivity index (χ2v) is 8.03. The number of nitrogens with zero attached hydrogens (tertiary/aromatic N) is 3. The molecule has 6 nitrogen and oxygen atoms in total. The maximum Gasteiger partial charge on any atom is 0.312 e. The number of fused-ring (bicyclic) bond motifs is 1. The predicted octanol–water partition coefficient (Wildman–Crippen LogP) is 4.19. The van der Waals surface area contributed by atoms with Gasteiger partial charge >= 0.3 is 5.97 Å². The molecular weight excluding hydrogens is 370 g/mol. The van der Waals surface area contributed by atoms with Crippen LogP contribution in [0.5, 0.6) is 0 Å². The molecule has 3 heterocycles. The largest absolute Gasteiger partial charge is 0.481 e. The van der Waals surface area contributed by atoms with Gasteiger partial charge in [-0.3, -0.25) is 4.79 Å². The van der Waals surface area contributed by atoms with Gasteiger partial charge in [-0.05, 0) is 36.2 Å². The smallest absolute Gasteiger partial charge is 0.312 e. The molecule has 0 amide bonds. The zero-order valence-electron chi connectivity index (χ0n) is 13.9. The quantitative estimate of drug-likeness (QED) is 0.535. The van der Waals surface area contributed by atoms with Gasteiger partial charge in [-0.25, -0.2) is 4.98 Å². The standard InChI is InChI=1S/C18H15N3O3S2/c1-2-11-4-6-13(25-11)10-3-5-12-14(7-10)26-17(19-12)8-15-20-21-16(24-15)9-18(22)23/h3-7H,2,8-9H2,1H3,(H,22,23). The summed E-state index contributed by atoms with van der Waals surface area (Å²) in [7, 11) is 0. The van der Waals surface area contributed by atoms with E-state index >= 15 is 0 Å². The normalized spacial score (nSPS) is 11.3. The maximum absolute atomic E-state index is 10.7. The Morgan fingerprint density at radius 1 is 1.15 bits per heavy atom. The Bertz CT molecular complexity index is 1080. The number of hydrogen-bond donors (Lipinski definition) is 1. The van der Waals surface area contributed by atoms with Crippen molar-refractivity contribution in [3.05, 3.63) is 52.0 Å². The van der Waals surface area contributed by atoms with Crippen LogP contribution in [-0.2, 0) is 24.1 Å². The molecule has 0 atom stereocenters. The highest BCUT2D eigenvalue weighted by Gasteiger charge is 2.13. The number of aromatic nitrogens is 3. The number of hydrogen-bond acceptors (Lipinski definition) is 7. The first-order chi connectivity index (χ1) is 12.6. The molecule has 0 saturated heterocycles. The number of aryl methyl sites for hydroxylation is 1. The second kappa shape index (κ2) is 6.97. The Labute approximate surface area is 157 Å². The van der Waals surface area contributed by atoms with Crippen molar-refractivity contribution in [1.29, 1.82) is 0 Å². The third-order valence-electron chi connectivity index (χ3n) is 3.84. The van der Waals surface area contributed by atoms with Crippen LogP contribution >= 0.6 is 22.7 Å². The first-order valence-corrected chi connectivity index (χ1v) is 9.75. The van der Waals surface area contributed by atoms with Crippen molar-refractivity contribution in [1.82, 2.24) is 15.2 Å². The maximum atomic E-state index is 10.7. The van der Waals surface area contributed by atoms with E-state index < -0.39 is 5.97 Å². The van der Waals surface area contributed by atoms with Gasteiger partial charge < -0.3 is 9.52 Å². The van der Waals surface area contributed by atoms with Gasteiger partial charge in [0.2, 0.25) is 11.8 Å². The average Bonchev–Trinajstić information content (AvgIpc) is 3.32. The molecule has 0 aliphatic carbocycles. The Kier molecular flexibility index (Phi) is 4.52. The van der Waals surface area contributed by atoms with Crippen LogP contribution in [0, 0.1) is 0 Å². The molecule has 0 bridgehead atoms. The second-order valence-electron chi connectivity index (χ2n) is 5.75. The number of thiophene rings is 1. The Balaban J connectivity index is 1.57. The number of carbonyl (C=O) groups is 1. The van der Waals surface area contributed by atoms with E-state index in [4.69, 9.17) is 9.52 Å². The highest BCUT2D eigenvalue weighted by molar-refractivity contribution is 7.18. The highest BCUT2D eigenvalue weighted by Crippen LogP contribution is 2.33. The number of benzene rings is 1. The van der Waals surface area contributed by atoms with E-state index in [0.29, 0.717) is 12.3 Å². The molecule has 0 fully saturated rings. The van der Waals surface area contributed by atoms with E-state index in [1.807, 2.05) is 17.4 Å². The van der Waals surface area contributed by atoms with Crippen LogP contribution in [0.3, 0.4) is 0 Å². The summed E-state index contributed by atoms with van der Waals surface area (Å²) >= 11 is 3.40. The van der Waals surface area contributed by atoms with Gasteiger partial charge in [0.25, 0.3) is 0 Å². The van der Waals surface area contributed by atoms with Crippen LogP contribution in [0.15, 0.2) is 34.7 Å². The van der Waals surface area contributed by atoms with Gasteiger partial charge in [0, 0.05) is 9.75 Å². The first kappa shape index (κ1) is 16.9. The van der Waals surface area contributed by atoms with Crippen molar-refractivity contribution >= 4 is 38.9 Å². The van der Waals surface area contributed by atoms with E-state index in [-0.39, 0.29) is 12.3 Å². The molecular formula is C18H15N3O3S2. The lowest BCUT2D eigenvalue weighted by Crippen LogP contribution is -1.99. The monoisotopic (exact) mass is 385 g/mol. The van der Waals surface area contributed by atoms with Crippen molar-refractivity contribution in [3.63, 3.8) is 0 Å². The minimum absolute atomic E-state index is 0.111. The van der Waals surface area contributed by atoms with Crippen LogP contribution in [0.25, 0.3) is 20.7 Å². The summed E-state index contributed by atoms with van der Waals surface area (Å²) in [5, 5.41) is 17.3. The van der Waals surface area contributed by atoms with Crippen molar-refractivity contribution in [2.24, 2.45) is 0 Å². The highest BCUT2D eigenvalue weighted by atomic mass is 32.1. The van der Waals surface area contributed by atoms with E-state index in [1.54, 1.807) is 11.3 Å². The number of aliphatic carboxylic acids is 1. The Morgan fingerprint density at radius 3 is 2.77 bits per heavy atom. The summed E-state index contributed by atoms with van der Waals surface area (Å²) in [6, 6.07) is 10.6. The fourth-order valence-corrected chi connectivity index (χ4v) is 4.56. The van der Waals surface area contributed by atoms with Crippen molar-refractivity contribution < 1.29 is 14.3 Å². The molecule has 132 valence electrons. The topological polar surface area (TPSA) is 89.1 Å². The fourth-order valence-electron chi connectivity index (χ4n) is 2.61. The van der Waals surface area contributed by atoms with Crippen LogP contribution in [-0.4, -0.2) is 26.3 Å². The van der Waals surface area contributed by atoms with Gasteiger partial charge in [0.1, 0.15) is 11.4 Å². The van der Waals surface area contributed by atoms with Crippen molar-refractivity contribution in [3.8, 4) is 10.4 Å². The van der Waals surface area contributed by atoms with Gasteiger partial charge in [0.15, 0.2) is 0 Å². The molecule has 0 saturated carbocycles. The summed E-state index contributed by atoms with van der Waals surface area (Å²) < 4.78 is 6.47. The van der Waals surface area contributed by atoms with Crippen LogP contribution in [0.2, 0.25) is 0 Å². The number of rotatable bonds is 6. The SMILES string of the molecule is CCc1ccc(-c2ccc3nc(Cc4nnc(CC(=O)O)o4)sc3c2)s1. The Morgan fingerprint density at radius 2 is 2.00 bits per heavy atom. The molecule has 0 radical (unpaired) electrons. The van der Waals surface area contributed by atoms with Crippen LogP contribution in [0.4, 0.5) is 0 Å². The molecule has 1 aromatic carbocycles. The molecule has 3 aromatic heterocycles. The fraction of sp³-hybridized carbons (Fsp3) is 0.222. The van der Waals surface area contributed by atoms with Crippen LogP contribution < -0.4 is 0 Å². The molecule has 0 aliphatic rings. The van der Waals surface area contributed by atoms with Crippen molar-refractivity contribution in [2.45, 2.75) is 26.2 Å². The summed E-state index contributed by atoms with van der Waals surface area (Å²) in [6.45, 7) is 2.16. The average molecular weight is 385 g/mol. The van der Waals surface area contributed by atoms with E-state index in [0.717, 1.165) is 21.6 Å². The van der Waals surface area contributed by atoms with Crippen LogP contribution in [0.1, 0.15) is 28.6 Å². The third kappa shape index (κ3) is 3.51. The van der Waals surface area contributed by atoms with Gasteiger partial charge in [-0.1, -0.05) is 13.0 Å². The number of carboxylic acid groups (broad SMARTS) is 1. The molecule has 26 heavy (non-hydrogen) atoms. The third-order valence-corrected chi connectivity index (χ3v) is 6.14. The van der Waals surface area contributed by atoms with E-state index in [2.05, 4.69) is 46.4 Å². The lowest BCUT2D eigenvalue weighted by molar-refractivity contribution is -0.136. The minimum Gasteiger partial charge on any atom is -0.481 e. The summed E-state index contributed by atoms with van der Waals surface area (Å²) in [6.07, 6.45) is 1.18.